The van der Waals surface area contributed by atoms with Crippen LogP contribution >= 0.6 is 0 Å². The smallest absolute Gasteiger partial charge is 0.303 e. The van der Waals surface area contributed by atoms with Crippen LogP contribution in [0.1, 0.15) is 19.3 Å². The van der Waals surface area contributed by atoms with Gasteiger partial charge in [-0.05, 0) is 0 Å². The molecule has 2 N–H and O–H groups in total. The van der Waals surface area contributed by atoms with Crippen molar-refractivity contribution in [3.63, 3.8) is 0 Å². The molecular weight excluding hydrogens is 200 g/mol. The Balaban J connectivity index is 2.27. The van der Waals surface area contributed by atoms with E-state index < -0.39 is 5.97 Å². The van der Waals surface area contributed by atoms with Crippen molar-refractivity contribution in [2.45, 2.75) is 25.3 Å². The van der Waals surface area contributed by atoms with E-state index in [1.54, 1.807) is 11.9 Å². The number of hydrogen-bond donors (Lipinski definition) is 2. The molecule has 1 fully saturated rings. The van der Waals surface area contributed by atoms with Gasteiger partial charge in [-0.2, -0.15) is 0 Å². The molecular formula is C9H14N2O4. The van der Waals surface area contributed by atoms with Crippen LogP contribution in [0, 0.1) is 0 Å². The predicted octanol–water partition coefficient (Wildman–Crippen LogP) is -0.802. The van der Waals surface area contributed by atoms with E-state index in [1.165, 1.54) is 0 Å². The molecule has 1 heterocycles. The lowest BCUT2D eigenvalue weighted by Gasteiger charge is -2.11. The van der Waals surface area contributed by atoms with Gasteiger partial charge in [-0.25, -0.2) is 0 Å². The van der Waals surface area contributed by atoms with E-state index >= 15 is 0 Å². The summed E-state index contributed by atoms with van der Waals surface area (Å²) in [6.07, 6.45) is 0.0847. The van der Waals surface area contributed by atoms with Crippen LogP contribution in [0.3, 0.4) is 0 Å². The fourth-order valence-electron chi connectivity index (χ4n) is 1.48. The number of nitrogens with one attached hydrogen (secondary N) is 1. The molecule has 6 heteroatoms. The number of likely N-dealkylation sites (tertiary alicyclic amines) is 1. The van der Waals surface area contributed by atoms with Crippen LogP contribution in [-0.4, -0.2) is 47.4 Å². The Bertz CT molecular complexity index is 290. The number of amides is 2. The summed E-state index contributed by atoms with van der Waals surface area (Å²) in [7, 11) is 1.67. The molecule has 1 aliphatic heterocycles. The van der Waals surface area contributed by atoms with E-state index in [-0.39, 0.29) is 30.7 Å². The summed E-state index contributed by atoms with van der Waals surface area (Å²) in [5.74, 6) is -1.31. The van der Waals surface area contributed by atoms with Crippen molar-refractivity contribution in [3.8, 4) is 0 Å². The molecule has 84 valence electrons. The molecule has 1 saturated heterocycles. The van der Waals surface area contributed by atoms with Gasteiger partial charge < -0.3 is 15.3 Å². The SMILES string of the molecule is CN1CC(NC(=O)CCC(=O)O)CC1=O. The van der Waals surface area contributed by atoms with Gasteiger partial charge in [0.15, 0.2) is 0 Å². The molecule has 0 saturated carbocycles. The lowest BCUT2D eigenvalue weighted by molar-refractivity contribution is -0.139. The Labute approximate surface area is 87.2 Å². The van der Waals surface area contributed by atoms with Crippen molar-refractivity contribution in [2.75, 3.05) is 13.6 Å². The minimum Gasteiger partial charge on any atom is -0.481 e. The van der Waals surface area contributed by atoms with Crippen molar-refractivity contribution in [2.24, 2.45) is 0 Å². The van der Waals surface area contributed by atoms with Crippen LogP contribution in [0.15, 0.2) is 0 Å². The van der Waals surface area contributed by atoms with Crippen LogP contribution in [0.4, 0.5) is 0 Å². The van der Waals surface area contributed by atoms with Crippen LogP contribution in [0.5, 0.6) is 0 Å². The largest absolute Gasteiger partial charge is 0.481 e. The highest BCUT2D eigenvalue weighted by atomic mass is 16.4. The van der Waals surface area contributed by atoms with Gasteiger partial charge in [0.1, 0.15) is 0 Å². The summed E-state index contributed by atoms with van der Waals surface area (Å²) >= 11 is 0. The number of carbonyl (C=O) groups is 3. The van der Waals surface area contributed by atoms with Crippen molar-refractivity contribution < 1.29 is 19.5 Å². The normalized spacial score (nSPS) is 20.5. The van der Waals surface area contributed by atoms with Gasteiger partial charge in [-0.1, -0.05) is 0 Å². The Morgan fingerprint density at radius 2 is 2.20 bits per heavy atom. The third-order valence-corrected chi connectivity index (χ3v) is 2.27. The molecule has 0 radical (unpaired) electrons. The number of hydrogen-bond acceptors (Lipinski definition) is 3. The molecule has 0 aromatic carbocycles. The van der Waals surface area contributed by atoms with Crippen LogP contribution in [0.2, 0.25) is 0 Å². The molecule has 1 atom stereocenters. The number of carboxylic acid groups (broad SMARTS) is 1. The quantitative estimate of drug-likeness (QED) is 0.641. The van der Waals surface area contributed by atoms with Gasteiger partial charge in [0, 0.05) is 26.4 Å². The Kier molecular flexibility index (Phi) is 3.65. The third-order valence-electron chi connectivity index (χ3n) is 2.27. The highest BCUT2D eigenvalue weighted by Crippen LogP contribution is 2.08. The average molecular weight is 214 g/mol. The number of carbonyl (C=O) groups excluding carboxylic acids is 2. The maximum absolute atomic E-state index is 11.2. The van der Waals surface area contributed by atoms with Crippen molar-refractivity contribution in [1.29, 1.82) is 0 Å². The lowest BCUT2D eigenvalue weighted by Crippen LogP contribution is -2.36. The Morgan fingerprint density at radius 3 is 2.67 bits per heavy atom. The highest BCUT2D eigenvalue weighted by molar-refractivity contribution is 5.83. The second-order valence-corrected chi connectivity index (χ2v) is 3.64. The van der Waals surface area contributed by atoms with E-state index in [1.807, 2.05) is 0 Å². The lowest BCUT2D eigenvalue weighted by atomic mass is 10.2. The van der Waals surface area contributed by atoms with Gasteiger partial charge in [0.2, 0.25) is 11.8 Å². The number of rotatable bonds is 4. The van der Waals surface area contributed by atoms with E-state index in [4.69, 9.17) is 5.11 Å². The first kappa shape index (κ1) is 11.5. The number of aliphatic carboxylic acids is 1. The minimum absolute atomic E-state index is 0.00136. The minimum atomic E-state index is -0.996. The first-order chi connectivity index (χ1) is 6.99. The zero-order valence-electron chi connectivity index (χ0n) is 8.52. The van der Waals surface area contributed by atoms with E-state index in [0.717, 1.165) is 0 Å². The van der Waals surface area contributed by atoms with Gasteiger partial charge in [-0.15, -0.1) is 0 Å². The first-order valence-electron chi connectivity index (χ1n) is 4.74. The summed E-state index contributed by atoms with van der Waals surface area (Å²) in [4.78, 5) is 34.1. The van der Waals surface area contributed by atoms with Gasteiger partial charge in [0.05, 0.1) is 12.5 Å². The summed E-state index contributed by atoms with van der Waals surface area (Å²) in [5, 5.41) is 11.0. The summed E-state index contributed by atoms with van der Waals surface area (Å²) in [6.45, 7) is 0.498. The zero-order valence-corrected chi connectivity index (χ0v) is 8.52. The Hall–Kier alpha value is -1.59. The summed E-state index contributed by atoms with van der Waals surface area (Å²) in [5.41, 5.74) is 0. The molecule has 1 aliphatic rings. The number of nitrogens with zero attached hydrogens (tertiary/aromatic N) is 1. The standard InChI is InChI=1S/C9H14N2O4/c1-11-5-6(4-8(11)13)10-7(12)2-3-9(14)15/h6H,2-5H2,1H3,(H,10,12)(H,14,15). The first-order valence-corrected chi connectivity index (χ1v) is 4.74. The molecule has 0 bridgehead atoms. The van der Waals surface area contributed by atoms with Crippen molar-refractivity contribution in [1.82, 2.24) is 10.2 Å². The fourth-order valence-corrected chi connectivity index (χ4v) is 1.48. The molecule has 0 spiro atoms. The van der Waals surface area contributed by atoms with Crippen LogP contribution in [-0.2, 0) is 14.4 Å². The zero-order chi connectivity index (χ0) is 11.4. The van der Waals surface area contributed by atoms with Crippen LogP contribution in [0.25, 0.3) is 0 Å². The number of likely N-dealkylation sites (N-methyl/N-ethyl adjacent to an activating group) is 1. The predicted molar refractivity (Wildman–Crippen MR) is 51.1 cm³/mol. The van der Waals surface area contributed by atoms with Crippen molar-refractivity contribution in [3.05, 3.63) is 0 Å². The molecule has 0 aliphatic carbocycles. The second kappa shape index (κ2) is 4.77. The molecule has 15 heavy (non-hydrogen) atoms. The topological polar surface area (TPSA) is 86.7 Å². The van der Waals surface area contributed by atoms with Gasteiger partial charge in [0.25, 0.3) is 0 Å². The van der Waals surface area contributed by atoms with Crippen molar-refractivity contribution >= 4 is 17.8 Å². The molecule has 0 aromatic rings. The summed E-state index contributed by atoms with van der Waals surface area (Å²) in [6, 6.07) is -0.177. The third kappa shape index (κ3) is 3.57. The van der Waals surface area contributed by atoms with Gasteiger partial charge >= 0.3 is 5.97 Å². The maximum atomic E-state index is 11.2. The van der Waals surface area contributed by atoms with E-state index in [9.17, 15) is 14.4 Å². The molecule has 6 nitrogen and oxygen atoms in total. The van der Waals surface area contributed by atoms with Crippen LogP contribution < -0.4 is 5.32 Å². The average Bonchev–Trinajstić information content (AvgIpc) is 2.42. The Morgan fingerprint density at radius 1 is 1.53 bits per heavy atom. The monoisotopic (exact) mass is 214 g/mol. The van der Waals surface area contributed by atoms with Gasteiger partial charge in [-0.3, -0.25) is 14.4 Å². The number of carboxylic acids is 1. The second-order valence-electron chi connectivity index (χ2n) is 3.64. The molecule has 0 aromatic heterocycles. The molecule has 1 unspecified atom stereocenters. The molecule has 1 rings (SSSR count). The molecule has 2 amide bonds. The highest BCUT2D eigenvalue weighted by Gasteiger charge is 2.27. The maximum Gasteiger partial charge on any atom is 0.303 e. The fraction of sp³-hybridized carbons (Fsp3) is 0.667. The van der Waals surface area contributed by atoms with E-state index in [0.29, 0.717) is 13.0 Å². The summed E-state index contributed by atoms with van der Waals surface area (Å²) < 4.78 is 0. The van der Waals surface area contributed by atoms with E-state index in [2.05, 4.69) is 5.32 Å².